The summed E-state index contributed by atoms with van der Waals surface area (Å²) in [5.41, 5.74) is 0.765. The number of hydrogen-bond acceptors (Lipinski definition) is 6. The number of nitrogens with zero attached hydrogens (tertiary/aromatic N) is 5. The van der Waals surface area contributed by atoms with Gasteiger partial charge in [-0.3, -0.25) is 14.3 Å². The fraction of sp³-hybridized carbons (Fsp3) is 0.474. The minimum atomic E-state index is 0.00744. The van der Waals surface area contributed by atoms with Gasteiger partial charge in [-0.1, -0.05) is 17.3 Å². The van der Waals surface area contributed by atoms with Crippen molar-refractivity contribution >= 4 is 10.9 Å². The average molecular weight is 351 g/mol. The molecule has 1 saturated heterocycles. The second-order valence-corrected chi connectivity index (χ2v) is 7.30. The van der Waals surface area contributed by atoms with Crippen LogP contribution >= 0.6 is 0 Å². The van der Waals surface area contributed by atoms with Crippen molar-refractivity contribution in [3.8, 4) is 0 Å². The summed E-state index contributed by atoms with van der Waals surface area (Å²) in [5, 5.41) is 4.80. The zero-order chi connectivity index (χ0) is 17.7. The molecule has 1 unspecified atom stereocenters. The van der Waals surface area contributed by atoms with Crippen LogP contribution in [0, 0.1) is 0 Å². The van der Waals surface area contributed by atoms with Crippen LogP contribution in [-0.2, 0) is 13.6 Å². The van der Waals surface area contributed by atoms with E-state index in [1.807, 2.05) is 31.3 Å². The van der Waals surface area contributed by atoms with Crippen LogP contribution in [0.5, 0.6) is 0 Å². The fourth-order valence-corrected chi connectivity index (χ4v) is 3.85. The van der Waals surface area contributed by atoms with Crippen LogP contribution in [0.1, 0.15) is 55.2 Å². The van der Waals surface area contributed by atoms with Gasteiger partial charge in [-0.25, -0.2) is 4.98 Å². The lowest BCUT2D eigenvalue weighted by Crippen LogP contribution is -2.30. The van der Waals surface area contributed by atoms with Gasteiger partial charge >= 0.3 is 0 Å². The lowest BCUT2D eigenvalue weighted by atomic mass is 10.1. The van der Waals surface area contributed by atoms with E-state index in [2.05, 4.69) is 15.0 Å². The van der Waals surface area contributed by atoms with Crippen LogP contribution in [0.4, 0.5) is 0 Å². The van der Waals surface area contributed by atoms with Crippen LogP contribution in [0.2, 0.25) is 0 Å². The van der Waals surface area contributed by atoms with Gasteiger partial charge in [0.15, 0.2) is 5.82 Å². The van der Waals surface area contributed by atoms with Crippen molar-refractivity contribution in [2.75, 3.05) is 6.54 Å². The molecule has 0 bridgehead atoms. The fourth-order valence-electron chi connectivity index (χ4n) is 3.85. The zero-order valence-electron chi connectivity index (χ0n) is 14.8. The first-order valence-corrected chi connectivity index (χ1v) is 9.23. The van der Waals surface area contributed by atoms with E-state index in [1.54, 1.807) is 4.57 Å². The van der Waals surface area contributed by atoms with Gasteiger partial charge in [-0.2, -0.15) is 4.98 Å². The molecule has 0 spiro atoms. The Morgan fingerprint density at radius 3 is 2.88 bits per heavy atom. The monoisotopic (exact) mass is 351 g/mol. The number of fused-ring (bicyclic) bond motifs is 1. The van der Waals surface area contributed by atoms with E-state index < -0.39 is 0 Å². The maximum absolute atomic E-state index is 12.7. The summed E-state index contributed by atoms with van der Waals surface area (Å²) in [6, 6.07) is 7.63. The third kappa shape index (κ3) is 2.63. The number of aromatic nitrogens is 4. The molecule has 5 rings (SSSR count). The first-order valence-electron chi connectivity index (χ1n) is 9.23. The predicted molar refractivity (Wildman–Crippen MR) is 95.6 cm³/mol. The third-order valence-corrected chi connectivity index (χ3v) is 5.43. The molecule has 1 aromatic carbocycles. The van der Waals surface area contributed by atoms with Crippen LogP contribution in [-0.4, -0.2) is 31.1 Å². The molecular formula is C19H21N5O2. The number of hydrogen-bond donors (Lipinski definition) is 0. The highest BCUT2D eigenvalue weighted by Crippen LogP contribution is 2.39. The summed E-state index contributed by atoms with van der Waals surface area (Å²) in [7, 11) is 1.81. The smallest absolute Gasteiger partial charge is 0.261 e. The summed E-state index contributed by atoms with van der Waals surface area (Å²) in [5.74, 6) is 2.78. The number of likely N-dealkylation sites (tertiary alicyclic amines) is 1. The van der Waals surface area contributed by atoms with E-state index in [4.69, 9.17) is 9.51 Å². The van der Waals surface area contributed by atoms with Gasteiger partial charge in [0.1, 0.15) is 5.82 Å². The third-order valence-electron chi connectivity index (χ3n) is 5.43. The van der Waals surface area contributed by atoms with E-state index >= 15 is 0 Å². The maximum atomic E-state index is 12.7. The van der Waals surface area contributed by atoms with Crippen molar-refractivity contribution in [1.82, 2.24) is 24.6 Å². The van der Waals surface area contributed by atoms with E-state index in [-0.39, 0.29) is 11.6 Å². The van der Waals surface area contributed by atoms with Gasteiger partial charge < -0.3 is 4.52 Å². The molecule has 1 atom stereocenters. The second kappa shape index (κ2) is 6.02. The largest absolute Gasteiger partial charge is 0.339 e. The summed E-state index contributed by atoms with van der Waals surface area (Å²) >= 11 is 0. The van der Waals surface area contributed by atoms with Crippen molar-refractivity contribution in [3.63, 3.8) is 0 Å². The van der Waals surface area contributed by atoms with Crippen molar-refractivity contribution in [2.24, 2.45) is 7.05 Å². The Morgan fingerprint density at radius 1 is 1.19 bits per heavy atom. The average Bonchev–Trinajstić information content (AvgIpc) is 3.23. The van der Waals surface area contributed by atoms with Gasteiger partial charge in [0.2, 0.25) is 5.89 Å². The molecular weight excluding hydrogens is 330 g/mol. The Balaban J connectivity index is 1.47. The van der Waals surface area contributed by atoms with Gasteiger partial charge in [-0.15, -0.1) is 0 Å². The molecule has 26 heavy (non-hydrogen) atoms. The molecule has 1 saturated carbocycles. The molecule has 2 fully saturated rings. The molecule has 0 amide bonds. The minimum absolute atomic E-state index is 0.00744. The van der Waals surface area contributed by atoms with Crippen LogP contribution in [0.3, 0.4) is 0 Å². The number of rotatable bonds is 4. The SMILES string of the molecule is Cn1c(C2CCCN2Cc2noc(C3CC3)n2)nc2ccccc2c1=O. The molecule has 2 aliphatic rings. The van der Waals surface area contributed by atoms with Crippen molar-refractivity contribution < 1.29 is 4.52 Å². The maximum Gasteiger partial charge on any atom is 0.261 e. The topological polar surface area (TPSA) is 77.1 Å². The van der Waals surface area contributed by atoms with Crippen molar-refractivity contribution in [2.45, 2.75) is 44.2 Å². The highest BCUT2D eigenvalue weighted by Gasteiger charge is 2.33. The molecule has 3 aromatic rings. The molecule has 7 heteroatoms. The van der Waals surface area contributed by atoms with Crippen molar-refractivity contribution in [3.05, 3.63) is 52.2 Å². The normalized spacial score (nSPS) is 20.9. The molecule has 2 aromatic heterocycles. The number of benzene rings is 1. The van der Waals surface area contributed by atoms with Crippen LogP contribution in [0.15, 0.2) is 33.6 Å². The second-order valence-electron chi connectivity index (χ2n) is 7.30. The summed E-state index contributed by atoms with van der Waals surface area (Å²) in [6.45, 7) is 1.57. The summed E-state index contributed by atoms with van der Waals surface area (Å²) < 4.78 is 7.07. The zero-order valence-corrected chi connectivity index (χ0v) is 14.8. The Bertz CT molecular complexity index is 1020. The first kappa shape index (κ1) is 15.7. The lowest BCUT2D eigenvalue weighted by molar-refractivity contribution is 0.225. The van der Waals surface area contributed by atoms with Gasteiger partial charge in [0, 0.05) is 13.0 Å². The van der Waals surface area contributed by atoms with E-state index in [0.717, 1.165) is 55.3 Å². The minimum Gasteiger partial charge on any atom is -0.339 e. The molecule has 134 valence electrons. The quantitative estimate of drug-likeness (QED) is 0.719. The van der Waals surface area contributed by atoms with E-state index in [9.17, 15) is 4.79 Å². The number of para-hydroxylation sites is 1. The lowest BCUT2D eigenvalue weighted by Gasteiger charge is -2.24. The molecule has 7 nitrogen and oxygen atoms in total. The van der Waals surface area contributed by atoms with E-state index in [0.29, 0.717) is 17.8 Å². The molecule has 1 aliphatic carbocycles. The standard InChI is InChI=1S/C19H21N5O2/c1-23-17(20-14-6-3-2-5-13(14)19(23)25)15-7-4-10-24(15)11-16-21-18(26-22-16)12-8-9-12/h2-3,5-6,12,15H,4,7-11H2,1H3. The van der Waals surface area contributed by atoms with E-state index in [1.165, 1.54) is 0 Å². The summed E-state index contributed by atoms with van der Waals surface area (Å²) in [4.78, 5) is 24.4. The molecule has 3 heterocycles. The Kier molecular flexibility index (Phi) is 3.63. The van der Waals surface area contributed by atoms with Crippen LogP contribution < -0.4 is 5.56 Å². The van der Waals surface area contributed by atoms with Crippen molar-refractivity contribution in [1.29, 1.82) is 0 Å². The molecule has 0 radical (unpaired) electrons. The Hall–Kier alpha value is -2.54. The summed E-state index contributed by atoms with van der Waals surface area (Å²) in [6.07, 6.45) is 4.35. The van der Waals surface area contributed by atoms with Crippen LogP contribution in [0.25, 0.3) is 10.9 Å². The first-order chi connectivity index (χ1) is 12.7. The predicted octanol–water partition coefficient (Wildman–Crippen LogP) is 2.53. The highest BCUT2D eigenvalue weighted by atomic mass is 16.5. The highest BCUT2D eigenvalue weighted by molar-refractivity contribution is 5.77. The van der Waals surface area contributed by atoms with Gasteiger partial charge in [0.05, 0.1) is 23.5 Å². The Morgan fingerprint density at radius 2 is 2.04 bits per heavy atom. The van der Waals surface area contributed by atoms with Gasteiger partial charge in [0.25, 0.3) is 5.56 Å². The molecule has 1 aliphatic heterocycles. The molecule has 0 N–H and O–H groups in total. The van der Waals surface area contributed by atoms with Gasteiger partial charge in [-0.05, 0) is 44.4 Å². The Labute approximate surface area is 150 Å².